The van der Waals surface area contributed by atoms with Gasteiger partial charge in [-0.15, -0.1) is 0 Å². The summed E-state index contributed by atoms with van der Waals surface area (Å²) in [5.74, 6) is -0.169. The maximum absolute atomic E-state index is 13.8. The van der Waals surface area contributed by atoms with Gasteiger partial charge in [-0.2, -0.15) is 0 Å². The first kappa shape index (κ1) is 32.2. The molecule has 0 heterocycles. The summed E-state index contributed by atoms with van der Waals surface area (Å²) in [6.45, 7) is 2.39. The number of carbonyl (C=O) groups is 2. The molecular formula is C30H35Cl2N3O5S. The van der Waals surface area contributed by atoms with E-state index in [1.54, 1.807) is 42.5 Å². The highest BCUT2D eigenvalue weighted by molar-refractivity contribution is 7.92. The Kier molecular flexibility index (Phi) is 11.9. The van der Waals surface area contributed by atoms with E-state index in [9.17, 15) is 18.0 Å². The van der Waals surface area contributed by atoms with Crippen LogP contribution in [0.4, 0.5) is 5.69 Å². The Morgan fingerprint density at radius 3 is 2.27 bits per heavy atom. The van der Waals surface area contributed by atoms with Crippen LogP contribution < -0.4 is 14.4 Å². The third-order valence-corrected chi connectivity index (χ3v) is 8.38. The van der Waals surface area contributed by atoms with Gasteiger partial charge in [0.1, 0.15) is 11.8 Å². The minimum absolute atomic E-state index is 0.00713. The maximum Gasteiger partial charge on any atom is 0.243 e. The minimum atomic E-state index is -3.67. The number of nitrogens with zero attached hydrogens (tertiary/aromatic N) is 2. The Morgan fingerprint density at radius 1 is 0.951 bits per heavy atom. The fourth-order valence-electron chi connectivity index (χ4n) is 4.50. The number of halogens is 2. The lowest BCUT2D eigenvalue weighted by Gasteiger charge is -2.32. The second kappa shape index (κ2) is 15.1. The summed E-state index contributed by atoms with van der Waals surface area (Å²) in [5.41, 5.74) is 2.00. The number of ether oxygens (including phenoxy) is 1. The number of methoxy groups -OCH3 is 1. The number of rotatable bonds is 14. The van der Waals surface area contributed by atoms with Gasteiger partial charge < -0.3 is 15.0 Å². The lowest BCUT2D eigenvalue weighted by molar-refractivity contribution is -0.141. The number of hydrogen-bond donors (Lipinski definition) is 1. The molecule has 0 spiro atoms. The number of hydrogen-bond acceptors (Lipinski definition) is 5. The van der Waals surface area contributed by atoms with E-state index in [4.69, 9.17) is 27.9 Å². The van der Waals surface area contributed by atoms with Crippen molar-refractivity contribution in [1.29, 1.82) is 0 Å². The van der Waals surface area contributed by atoms with Gasteiger partial charge >= 0.3 is 0 Å². The van der Waals surface area contributed by atoms with Gasteiger partial charge in [-0.25, -0.2) is 8.42 Å². The van der Waals surface area contributed by atoms with Gasteiger partial charge in [-0.3, -0.25) is 13.9 Å². The molecule has 2 amide bonds. The first-order valence-electron chi connectivity index (χ1n) is 13.2. The van der Waals surface area contributed by atoms with Crippen molar-refractivity contribution in [2.45, 2.75) is 38.8 Å². The topological polar surface area (TPSA) is 96.0 Å². The SMILES string of the molecule is CCNC(=O)[C@H](Cc1ccccc1)N(Cc1ccc(Cl)c(Cl)c1)C(=O)CCCN(c1ccccc1OC)S(C)(=O)=O. The first-order chi connectivity index (χ1) is 19.5. The van der Waals surface area contributed by atoms with Gasteiger partial charge in [0, 0.05) is 32.5 Å². The quantitative estimate of drug-likeness (QED) is 0.263. The number of para-hydroxylation sites is 2. The smallest absolute Gasteiger partial charge is 0.243 e. The molecule has 1 N–H and O–H groups in total. The van der Waals surface area contributed by atoms with E-state index in [1.807, 2.05) is 37.3 Å². The van der Waals surface area contributed by atoms with Gasteiger partial charge in [0.05, 0.1) is 29.1 Å². The van der Waals surface area contributed by atoms with Crippen molar-refractivity contribution in [3.05, 3.63) is 94.0 Å². The molecule has 0 aliphatic carbocycles. The van der Waals surface area contributed by atoms with Crippen LogP contribution in [0.25, 0.3) is 0 Å². The van der Waals surface area contributed by atoms with Crippen LogP contribution >= 0.6 is 23.2 Å². The summed E-state index contributed by atoms with van der Waals surface area (Å²) in [4.78, 5) is 28.7. The van der Waals surface area contributed by atoms with Crippen LogP contribution in [0.2, 0.25) is 10.0 Å². The average Bonchev–Trinajstić information content (AvgIpc) is 2.94. The predicted molar refractivity (Wildman–Crippen MR) is 164 cm³/mol. The van der Waals surface area contributed by atoms with Crippen LogP contribution in [-0.2, 0) is 32.6 Å². The number of benzene rings is 3. The second-order valence-electron chi connectivity index (χ2n) is 9.48. The number of likely N-dealkylation sites (N-methyl/N-ethyl adjacent to an activating group) is 1. The molecule has 3 rings (SSSR count). The van der Waals surface area contributed by atoms with Gasteiger partial charge in [-0.1, -0.05) is 71.7 Å². The number of nitrogens with one attached hydrogen (secondary N) is 1. The fraction of sp³-hybridized carbons (Fsp3) is 0.333. The fourth-order valence-corrected chi connectivity index (χ4v) is 5.79. The van der Waals surface area contributed by atoms with Crippen molar-refractivity contribution in [2.24, 2.45) is 0 Å². The van der Waals surface area contributed by atoms with E-state index in [2.05, 4.69) is 5.32 Å². The molecular weight excluding hydrogens is 585 g/mol. The number of sulfonamides is 1. The number of carbonyl (C=O) groups excluding carboxylic acids is 2. The highest BCUT2D eigenvalue weighted by Crippen LogP contribution is 2.30. The van der Waals surface area contributed by atoms with Crippen LogP contribution in [0.1, 0.15) is 30.9 Å². The van der Waals surface area contributed by atoms with Gasteiger partial charge in [0.2, 0.25) is 21.8 Å². The largest absolute Gasteiger partial charge is 0.495 e. The number of anilines is 1. The lowest BCUT2D eigenvalue weighted by atomic mass is 10.0. The molecule has 1 atom stereocenters. The van der Waals surface area contributed by atoms with Crippen molar-refractivity contribution in [3.63, 3.8) is 0 Å². The Labute approximate surface area is 252 Å². The summed E-state index contributed by atoms with van der Waals surface area (Å²) in [6.07, 6.45) is 1.64. The molecule has 0 unspecified atom stereocenters. The summed E-state index contributed by atoms with van der Waals surface area (Å²) >= 11 is 12.4. The Balaban J connectivity index is 1.90. The third-order valence-electron chi connectivity index (χ3n) is 6.47. The van der Waals surface area contributed by atoms with Crippen LogP contribution in [0, 0.1) is 0 Å². The van der Waals surface area contributed by atoms with Crippen LogP contribution in [0.15, 0.2) is 72.8 Å². The molecule has 0 radical (unpaired) electrons. The normalized spacial score (nSPS) is 11.9. The first-order valence-corrected chi connectivity index (χ1v) is 15.8. The summed E-state index contributed by atoms with van der Waals surface area (Å²) < 4.78 is 32.0. The minimum Gasteiger partial charge on any atom is -0.495 e. The Morgan fingerprint density at radius 2 is 1.63 bits per heavy atom. The van der Waals surface area contributed by atoms with Crippen molar-refractivity contribution >= 4 is 50.7 Å². The summed E-state index contributed by atoms with van der Waals surface area (Å²) in [5, 5.41) is 3.58. The monoisotopic (exact) mass is 619 g/mol. The maximum atomic E-state index is 13.8. The molecule has 41 heavy (non-hydrogen) atoms. The summed E-state index contributed by atoms with van der Waals surface area (Å²) in [6, 6.07) is 20.6. The molecule has 0 fully saturated rings. The molecule has 3 aromatic rings. The van der Waals surface area contributed by atoms with E-state index in [0.717, 1.165) is 11.8 Å². The van der Waals surface area contributed by atoms with E-state index >= 15 is 0 Å². The van der Waals surface area contributed by atoms with Crippen molar-refractivity contribution in [2.75, 3.05) is 30.8 Å². The molecule has 220 valence electrons. The molecule has 0 bridgehead atoms. The van der Waals surface area contributed by atoms with E-state index in [0.29, 0.717) is 40.0 Å². The zero-order chi connectivity index (χ0) is 30.0. The van der Waals surface area contributed by atoms with Crippen LogP contribution in [0.5, 0.6) is 5.75 Å². The van der Waals surface area contributed by atoms with Crippen LogP contribution in [0.3, 0.4) is 0 Å². The standard InChI is InChI=1S/C30H35Cl2N3O5S/c1-4-33-30(37)27(20-22-11-6-5-7-12-22)34(21-23-16-17-24(31)25(32)19-23)29(36)15-10-18-35(41(3,38)39)26-13-8-9-14-28(26)40-2/h5-9,11-14,16-17,19,27H,4,10,15,18,20-21H2,1-3H3,(H,33,37)/t27-/m0/s1. The van der Waals surface area contributed by atoms with E-state index < -0.39 is 16.1 Å². The zero-order valence-corrected chi connectivity index (χ0v) is 25.7. The molecule has 0 saturated heterocycles. The summed E-state index contributed by atoms with van der Waals surface area (Å²) in [7, 11) is -2.20. The van der Waals surface area contributed by atoms with Gasteiger partial charge in [0.15, 0.2) is 0 Å². The van der Waals surface area contributed by atoms with Gasteiger partial charge in [-0.05, 0) is 48.7 Å². The number of amides is 2. The lowest BCUT2D eigenvalue weighted by Crippen LogP contribution is -2.50. The van der Waals surface area contributed by atoms with Crippen molar-refractivity contribution < 1.29 is 22.7 Å². The molecule has 8 nitrogen and oxygen atoms in total. The molecule has 0 aliphatic heterocycles. The Hall–Kier alpha value is -3.27. The molecule has 3 aromatic carbocycles. The zero-order valence-electron chi connectivity index (χ0n) is 23.3. The second-order valence-corrected chi connectivity index (χ2v) is 12.2. The van der Waals surface area contributed by atoms with Gasteiger partial charge in [0.25, 0.3) is 0 Å². The van der Waals surface area contributed by atoms with Crippen LogP contribution in [-0.4, -0.2) is 57.6 Å². The average molecular weight is 621 g/mol. The Bertz CT molecular complexity index is 1440. The molecule has 0 aliphatic rings. The highest BCUT2D eigenvalue weighted by atomic mass is 35.5. The highest BCUT2D eigenvalue weighted by Gasteiger charge is 2.30. The predicted octanol–water partition coefficient (Wildman–Crippen LogP) is 5.32. The van der Waals surface area contributed by atoms with Crippen molar-refractivity contribution in [1.82, 2.24) is 10.2 Å². The van der Waals surface area contributed by atoms with E-state index in [-0.39, 0.29) is 37.7 Å². The third kappa shape index (κ3) is 9.11. The van der Waals surface area contributed by atoms with Crippen molar-refractivity contribution in [3.8, 4) is 5.75 Å². The van der Waals surface area contributed by atoms with E-state index in [1.165, 1.54) is 16.3 Å². The molecule has 11 heteroatoms. The molecule has 0 aromatic heterocycles. The molecule has 0 saturated carbocycles.